The van der Waals surface area contributed by atoms with Crippen LogP contribution in [0.5, 0.6) is 5.75 Å². The van der Waals surface area contributed by atoms with Crippen molar-refractivity contribution in [2.24, 2.45) is 5.73 Å². The number of primary amides is 1. The number of hydrogen-bond acceptors (Lipinski definition) is 5. The third-order valence-corrected chi connectivity index (χ3v) is 5.73. The molecule has 1 aliphatic rings. The third kappa shape index (κ3) is 3.52. The van der Waals surface area contributed by atoms with E-state index in [0.717, 1.165) is 11.1 Å². The summed E-state index contributed by atoms with van der Waals surface area (Å²) in [5, 5.41) is 0. The molecule has 2 aromatic rings. The Bertz CT molecular complexity index is 1050. The molecule has 0 saturated heterocycles. The zero-order chi connectivity index (χ0) is 19.9. The van der Waals surface area contributed by atoms with Crippen LogP contribution in [0, 0.1) is 6.92 Å². The van der Waals surface area contributed by atoms with Gasteiger partial charge in [-0.05, 0) is 61.7 Å². The highest BCUT2D eigenvalue weighted by Gasteiger charge is 2.31. The van der Waals surface area contributed by atoms with Gasteiger partial charge in [0.1, 0.15) is 4.90 Å². The number of carbonyl (C=O) groups is 2. The van der Waals surface area contributed by atoms with E-state index >= 15 is 0 Å². The minimum absolute atomic E-state index is 0.0123. The average Bonchev–Trinajstić information content (AvgIpc) is 2.89. The summed E-state index contributed by atoms with van der Waals surface area (Å²) in [4.78, 5) is 25.0. The van der Waals surface area contributed by atoms with Crippen LogP contribution in [-0.4, -0.2) is 26.3 Å². The van der Waals surface area contributed by atoms with Crippen molar-refractivity contribution in [2.75, 3.05) is 4.90 Å². The third-order valence-electron chi connectivity index (χ3n) is 4.50. The largest absolute Gasteiger partial charge is 0.378 e. The Labute approximate surface area is 157 Å². The van der Waals surface area contributed by atoms with Crippen molar-refractivity contribution in [1.82, 2.24) is 0 Å². The van der Waals surface area contributed by atoms with Gasteiger partial charge >= 0.3 is 10.1 Å². The lowest BCUT2D eigenvalue weighted by Gasteiger charge is -2.20. The molecule has 0 radical (unpaired) electrons. The van der Waals surface area contributed by atoms with E-state index in [2.05, 4.69) is 0 Å². The first-order chi connectivity index (χ1) is 12.6. The Morgan fingerprint density at radius 1 is 1.19 bits per heavy atom. The van der Waals surface area contributed by atoms with Gasteiger partial charge in [0, 0.05) is 18.7 Å². The number of rotatable bonds is 4. The molecule has 1 heterocycles. The molecule has 2 aromatic carbocycles. The number of hydrogen-bond donors (Lipinski definition) is 1. The van der Waals surface area contributed by atoms with Crippen LogP contribution in [0.3, 0.4) is 0 Å². The summed E-state index contributed by atoms with van der Waals surface area (Å²) in [5.74, 6) is -0.985. The molecule has 2 amide bonds. The van der Waals surface area contributed by atoms with Crippen molar-refractivity contribution in [3.8, 4) is 5.75 Å². The van der Waals surface area contributed by atoms with Gasteiger partial charge in [0.15, 0.2) is 5.75 Å². The van der Waals surface area contributed by atoms with Crippen molar-refractivity contribution in [2.45, 2.75) is 38.1 Å². The van der Waals surface area contributed by atoms with Crippen LogP contribution in [0.4, 0.5) is 5.69 Å². The van der Waals surface area contributed by atoms with Gasteiger partial charge in [0.25, 0.3) is 5.91 Å². The van der Waals surface area contributed by atoms with Crippen LogP contribution in [-0.2, 0) is 21.3 Å². The summed E-state index contributed by atoms with van der Waals surface area (Å²) in [6.45, 7) is 5.12. The summed E-state index contributed by atoms with van der Waals surface area (Å²) >= 11 is 0. The first-order valence-corrected chi connectivity index (χ1v) is 9.78. The molecular formula is C19H20N2O5S. The van der Waals surface area contributed by atoms with Crippen LogP contribution in [0.25, 0.3) is 0 Å². The van der Waals surface area contributed by atoms with Crippen molar-refractivity contribution >= 4 is 27.6 Å². The fourth-order valence-electron chi connectivity index (χ4n) is 3.31. The highest BCUT2D eigenvalue weighted by Crippen LogP contribution is 2.34. The van der Waals surface area contributed by atoms with Gasteiger partial charge in [-0.25, -0.2) is 0 Å². The molecule has 1 atom stereocenters. The molecule has 1 aliphatic heterocycles. The number of fused-ring (bicyclic) bond motifs is 1. The fourth-order valence-corrected chi connectivity index (χ4v) is 4.30. The zero-order valence-electron chi connectivity index (χ0n) is 15.2. The Morgan fingerprint density at radius 2 is 1.89 bits per heavy atom. The maximum absolute atomic E-state index is 12.7. The second kappa shape index (κ2) is 6.70. The predicted octanol–water partition coefficient (Wildman–Crippen LogP) is 2.16. The minimum Gasteiger partial charge on any atom is -0.378 e. The molecule has 0 saturated carbocycles. The summed E-state index contributed by atoms with van der Waals surface area (Å²) < 4.78 is 30.7. The lowest BCUT2D eigenvalue weighted by molar-refractivity contribution is -0.116. The first kappa shape index (κ1) is 18.9. The number of anilines is 1. The molecule has 0 bridgehead atoms. The van der Waals surface area contributed by atoms with Crippen molar-refractivity contribution in [1.29, 1.82) is 0 Å². The number of aryl methyl sites for hydroxylation is 1. The van der Waals surface area contributed by atoms with E-state index < -0.39 is 16.0 Å². The van der Waals surface area contributed by atoms with Gasteiger partial charge in [-0.2, -0.15) is 8.42 Å². The number of nitrogens with two attached hydrogens (primary N) is 1. The van der Waals surface area contributed by atoms with E-state index in [1.54, 1.807) is 24.0 Å². The molecule has 0 unspecified atom stereocenters. The van der Waals surface area contributed by atoms with Crippen molar-refractivity contribution in [3.05, 3.63) is 53.1 Å². The van der Waals surface area contributed by atoms with E-state index in [9.17, 15) is 18.0 Å². The first-order valence-electron chi connectivity index (χ1n) is 8.38. The van der Waals surface area contributed by atoms with Gasteiger partial charge < -0.3 is 14.8 Å². The van der Waals surface area contributed by atoms with Gasteiger partial charge in [0.2, 0.25) is 5.91 Å². The van der Waals surface area contributed by atoms with E-state index in [1.807, 2.05) is 6.92 Å². The van der Waals surface area contributed by atoms with Crippen LogP contribution < -0.4 is 14.8 Å². The summed E-state index contributed by atoms with van der Waals surface area (Å²) in [6.07, 6.45) is 0.551. The minimum atomic E-state index is -4.17. The Morgan fingerprint density at radius 3 is 2.52 bits per heavy atom. The normalized spacial score (nSPS) is 16.1. The average molecular weight is 388 g/mol. The van der Waals surface area contributed by atoms with Gasteiger partial charge in [-0.15, -0.1) is 0 Å². The molecule has 0 fully saturated rings. The van der Waals surface area contributed by atoms with Gasteiger partial charge in [-0.1, -0.05) is 6.07 Å². The monoisotopic (exact) mass is 388 g/mol. The quantitative estimate of drug-likeness (QED) is 0.808. The summed E-state index contributed by atoms with van der Waals surface area (Å²) in [6, 6.07) is 8.97. The summed E-state index contributed by atoms with van der Waals surface area (Å²) in [5.41, 5.74) is 7.47. The van der Waals surface area contributed by atoms with E-state index in [0.29, 0.717) is 12.1 Å². The SMILES string of the molecule is CC(=O)N1c2ccc(S(=O)(=O)Oc3cc(C)ccc3C(N)=O)cc2C[C@H]1C. The molecule has 2 N–H and O–H groups in total. The molecule has 142 valence electrons. The van der Waals surface area contributed by atoms with Gasteiger partial charge in [0.05, 0.1) is 5.56 Å². The Kier molecular flexibility index (Phi) is 4.69. The van der Waals surface area contributed by atoms with Crippen LogP contribution in [0.1, 0.15) is 35.3 Å². The fraction of sp³-hybridized carbons (Fsp3) is 0.263. The van der Waals surface area contributed by atoms with Gasteiger partial charge in [-0.3, -0.25) is 9.59 Å². The van der Waals surface area contributed by atoms with E-state index in [4.69, 9.17) is 9.92 Å². The maximum Gasteiger partial charge on any atom is 0.339 e. The smallest absolute Gasteiger partial charge is 0.339 e. The molecule has 0 spiro atoms. The molecule has 3 rings (SSSR count). The summed E-state index contributed by atoms with van der Waals surface area (Å²) in [7, 11) is -4.17. The Hall–Kier alpha value is -2.87. The van der Waals surface area contributed by atoms with Crippen LogP contribution >= 0.6 is 0 Å². The zero-order valence-corrected chi connectivity index (χ0v) is 16.0. The number of amides is 2. The van der Waals surface area contributed by atoms with Crippen molar-refractivity contribution < 1.29 is 22.2 Å². The number of nitrogens with zero attached hydrogens (tertiary/aromatic N) is 1. The van der Waals surface area contributed by atoms with E-state index in [-0.39, 0.29) is 28.2 Å². The number of benzene rings is 2. The predicted molar refractivity (Wildman–Crippen MR) is 100 cm³/mol. The van der Waals surface area contributed by atoms with Crippen LogP contribution in [0.2, 0.25) is 0 Å². The highest BCUT2D eigenvalue weighted by molar-refractivity contribution is 7.87. The highest BCUT2D eigenvalue weighted by atomic mass is 32.2. The second-order valence-corrected chi connectivity index (χ2v) is 8.18. The molecule has 7 nitrogen and oxygen atoms in total. The standard InChI is InChI=1S/C19H20N2O5S/c1-11-4-6-16(19(20)23)18(8-11)26-27(24,25)15-5-7-17-14(10-15)9-12(2)21(17)13(3)22/h4-8,10,12H,9H2,1-3H3,(H2,20,23)/t12-/m1/s1. The second-order valence-electron chi connectivity index (χ2n) is 6.63. The van der Waals surface area contributed by atoms with E-state index in [1.165, 1.54) is 31.2 Å². The lowest BCUT2D eigenvalue weighted by atomic mass is 10.1. The number of carbonyl (C=O) groups excluding carboxylic acids is 2. The topological polar surface area (TPSA) is 107 Å². The lowest BCUT2D eigenvalue weighted by Crippen LogP contribution is -2.33. The molecule has 27 heavy (non-hydrogen) atoms. The van der Waals surface area contributed by atoms with Crippen LogP contribution in [0.15, 0.2) is 41.3 Å². The maximum atomic E-state index is 12.7. The Balaban J connectivity index is 1.99. The molecule has 0 aromatic heterocycles. The molecule has 8 heteroatoms. The van der Waals surface area contributed by atoms with Crippen molar-refractivity contribution in [3.63, 3.8) is 0 Å². The molecule has 0 aliphatic carbocycles. The molecular weight excluding hydrogens is 368 g/mol.